The number of halogens is 1. The van der Waals surface area contributed by atoms with Crippen molar-refractivity contribution < 1.29 is 22.4 Å². The monoisotopic (exact) mass is 447 g/mol. The minimum Gasteiger partial charge on any atom is -0.339 e. The molecular formula is C22H26FN3O4S. The first-order valence-corrected chi connectivity index (χ1v) is 11.7. The molecule has 1 saturated heterocycles. The highest BCUT2D eigenvalue weighted by atomic mass is 32.2. The molecule has 0 bridgehead atoms. The van der Waals surface area contributed by atoms with Gasteiger partial charge in [0, 0.05) is 30.9 Å². The maximum Gasteiger partial charge on any atom is 0.253 e. The number of nitrogens with one attached hydrogen (secondary N) is 1. The van der Waals surface area contributed by atoms with E-state index < -0.39 is 27.8 Å². The van der Waals surface area contributed by atoms with E-state index in [1.165, 1.54) is 12.1 Å². The second-order valence-electron chi connectivity index (χ2n) is 7.27. The molecule has 1 heterocycles. The van der Waals surface area contributed by atoms with Crippen molar-refractivity contribution in [3.63, 3.8) is 0 Å². The SMILES string of the molecule is CCN(CC)C(=O)c1ccc(NC(=O)C2CCCN2S(=O)(=O)c2ccc(F)cc2)cc1. The first-order chi connectivity index (χ1) is 14.8. The summed E-state index contributed by atoms with van der Waals surface area (Å²) >= 11 is 0. The molecule has 7 nitrogen and oxygen atoms in total. The number of sulfonamides is 1. The third kappa shape index (κ3) is 4.94. The van der Waals surface area contributed by atoms with Crippen LogP contribution >= 0.6 is 0 Å². The van der Waals surface area contributed by atoms with Crippen LogP contribution in [-0.4, -0.2) is 55.1 Å². The van der Waals surface area contributed by atoms with Gasteiger partial charge in [-0.25, -0.2) is 12.8 Å². The quantitative estimate of drug-likeness (QED) is 0.707. The average Bonchev–Trinajstić information content (AvgIpc) is 3.26. The standard InChI is InChI=1S/C22H26FN3O4S/c1-3-25(4-2)22(28)16-7-11-18(12-8-16)24-21(27)20-6-5-15-26(20)31(29,30)19-13-9-17(23)10-14-19/h7-14,20H,3-6,15H2,1-2H3,(H,24,27). The van der Waals surface area contributed by atoms with Crippen molar-refractivity contribution >= 4 is 27.5 Å². The Kier molecular flexibility index (Phi) is 7.07. The second-order valence-corrected chi connectivity index (χ2v) is 9.16. The predicted molar refractivity (Wildman–Crippen MR) is 116 cm³/mol. The van der Waals surface area contributed by atoms with Crippen LogP contribution in [0, 0.1) is 5.82 Å². The van der Waals surface area contributed by atoms with Gasteiger partial charge in [0.2, 0.25) is 15.9 Å². The fourth-order valence-electron chi connectivity index (χ4n) is 3.65. The van der Waals surface area contributed by atoms with Crippen molar-refractivity contribution in [3.8, 4) is 0 Å². The van der Waals surface area contributed by atoms with Gasteiger partial charge >= 0.3 is 0 Å². The number of rotatable bonds is 7. The van der Waals surface area contributed by atoms with Crippen LogP contribution in [0.3, 0.4) is 0 Å². The zero-order valence-electron chi connectivity index (χ0n) is 17.5. The van der Waals surface area contributed by atoms with E-state index in [9.17, 15) is 22.4 Å². The van der Waals surface area contributed by atoms with Gasteiger partial charge in [0.25, 0.3) is 5.91 Å². The summed E-state index contributed by atoms with van der Waals surface area (Å²) in [5.74, 6) is -1.06. The Bertz CT molecular complexity index is 1040. The minimum absolute atomic E-state index is 0.0483. The topological polar surface area (TPSA) is 86.8 Å². The summed E-state index contributed by atoms with van der Waals surface area (Å²) in [6.45, 7) is 5.24. The van der Waals surface area contributed by atoms with Gasteiger partial charge in [-0.15, -0.1) is 0 Å². The lowest BCUT2D eigenvalue weighted by Crippen LogP contribution is -2.43. The summed E-state index contributed by atoms with van der Waals surface area (Å²) in [5, 5.41) is 2.74. The van der Waals surface area contributed by atoms with Gasteiger partial charge < -0.3 is 10.2 Å². The van der Waals surface area contributed by atoms with E-state index in [-0.39, 0.29) is 17.3 Å². The zero-order valence-corrected chi connectivity index (χ0v) is 18.4. The number of amides is 2. The first-order valence-electron chi connectivity index (χ1n) is 10.3. The molecule has 1 aliphatic rings. The Hall–Kier alpha value is -2.78. The molecule has 2 aromatic carbocycles. The lowest BCUT2D eigenvalue weighted by Gasteiger charge is -2.23. The summed E-state index contributed by atoms with van der Waals surface area (Å²) in [5.41, 5.74) is 0.996. The lowest BCUT2D eigenvalue weighted by molar-refractivity contribution is -0.119. The Labute approximate surface area is 181 Å². The van der Waals surface area contributed by atoms with Crippen LogP contribution in [0.15, 0.2) is 53.4 Å². The van der Waals surface area contributed by atoms with Crippen molar-refractivity contribution in [2.24, 2.45) is 0 Å². The normalized spacial score (nSPS) is 16.8. The molecule has 0 saturated carbocycles. The smallest absolute Gasteiger partial charge is 0.253 e. The summed E-state index contributed by atoms with van der Waals surface area (Å²) in [6, 6.07) is 10.2. The number of hydrogen-bond donors (Lipinski definition) is 1. The second kappa shape index (κ2) is 9.57. The van der Waals surface area contributed by atoms with Gasteiger partial charge in [-0.3, -0.25) is 9.59 Å². The third-order valence-electron chi connectivity index (χ3n) is 5.38. The highest BCUT2D eigenvalue weighted by molar-refractivity contribution is 7.89. The van der Waals surface area contributed by atoms with Crippen LogP contribution in [0.1, 0.15) is 37.0 Å². The molecule has 3 rings (SSSR count). The van der Waals surface area contributed by atoms with Crippen molar-refractivity contribution in [3.05, 3.63) is 59.9 Å². The molecule has 1 unspecified atom stereocenters. The molecule has 2 amide bonds. The van der Waals surface area contributed by atoms with Gasteiger partial charge in [0.1, 0.15) is 11.9 Å². The van der Waals surface area contributed by atoms with Gasteiger partial charge in [-0.1, -0.05) is 0 Å². The van der Waals surface area contributed by atoms with Crippen molar-refractivity contribution in [2.45, 2.75) is 37.6 Å². The maximum absolute atomic E-state index is 13.2. The molecule has 1 aliphatic heterocycles. The Morgan fingerprint density at radius 1 is 1.06 bits per heavy atom. The van der Waals surface area contributed by atoms with E-state index >= 15 is 0 Å². The maximum atomic E-state index is 13.2. The predicted octanol–water partition coefficient (Wildman–Crippen LogP) is 3.10. The average molecular weight is 448 g/mol. The molecule has 2 aromatic rings. The van der Waals surface area contributed by atoms with E-state index in [4.69, 9.17) is 0 Å². The Balaban J connectivity index is 1.72. The number of benzene rings is 2. The third-order valence-corrected chi connectivity index (χ3v) is 7.30. The molecule has 166 valence electrons. The molecule has 0 aromatic heterocycles. The van der Waals surface area contributed by atoms with E-state index in [2.05, 4.69) is 5.32 Å². The molecule has 0 spiro atoms. The fraction of sp³-hybridized carbons (Fsp3) is 0.364. The summed E-state index contributed by atoms with van der Waals surface area (Å²) < 4.78 is 40.2. The van der Waals surface area contributed by atoms with Crippen LogP contribution in [0.2, 0.25) is 0 Å². The fourth-order valence-corrected chi connectivity index (χ4v) is 5.30. The molecule has 1 atom stereocenters. The zero-order chi connectivity index (χ0) is 22.6. The number of nitrogens with zero attached hydrogens (tertiary/aromatic N) is 2. The number of carbonyl (C=O) groups excluding carboxylic acids is 2. The number of carbonyl (C=O) groups is 2. The molecule has 0 aliphatic carbocycles. The van der Waals surface area contributed by atoms with Crippen molar-refractivity contribution in [1.29, 1.82) is 0 Å². The first kappa shape index (κ1) is 22.9. The lowest BCUT2D eigenvalue weighted by atomic mass is 10.1. The van der Waals surface area contributed by atoms with Gasteiger partial charge in [0.05, 0.1) is 4.90 Å². The summed E-state index contributed by atoms with van der Waals surface area (Å²) in [7, 11) is -3.92. The number of anilines is 1. The molecule has 1 fully saturated rings. The van der Waals surface area contributed by atoms with E-state index in [0.29, 0.717) is 37.2 Å². The minimum atomic E-state index is -3.92. The highest BCUT2D eigenvalue weighted by Crippen LogP contribution is 2.27. The Morgan fingerprint density at radius 3 is 2.26 bits per heavy atom. The van der Waals surface area contributed by atoms with Crippen LogP contribution in [0.5, 0.6) is 0 Å². The van der Waals surface area contributed by atoms with Crippen molar-refractivity contribution in [2.75, 3.05) is 25.0 Å². The van der Waals surface area contributed by atoms with E-state index in [0.717, 1.165) is 16.4 Å². The number of hydrogen-bond acceptors (Lipinski definition) is 4. The van der Waals surface area contributed by atoms with Gasteiger partial charge in [-0.05, 0) is 75.2 Å². The molecule has 9 heteroatoms. The van der Waals surface area contributed by atoms with Crippen LogP contribution < -0.4 is 5.32 Å². The Morgan fingerprint density at radius 2 is 1.68 bits per heavy atom. The van der Waals surface area contributed by atoms with Crippen molar-refractivity contribution in [1.82, 2.24) is 9.21 Å². The van der Waals surface area contributed by atoms with Gasteiger partial charge in [0.15, 0.2) is 0 Å². The van der Waals surface area contributed by atoms with Crippen LogP contribution in [0.4, 0.5) is 10.1 Å². The van der Waals surface area contributed by atoms with Crippen LogP contribution in [0.25, 0.3) is 0 Å². The van der Waals surface area contributed by atoms with E-state index in [1.54, 1.807) is 29.2 Å². The molecule has 31 heavy (non-hydrogen) atoms. The van der Waals surface area contributed by atoms with E-state index in [1.807, 2.05) is 13.8 Å². The molecule has 1 N–H and O–H groups in total. The summed E-state index contributed by atoms with van der Waals surface area (Å²) in [4.78, 5) is 26.9. The van der Waals surface area contributed by atoms with Gasteiger partial charge in [-0.2, -0.15) is 4.31 Å². The molecule has 0 radical (unpaired) electrons. The summed E-state index contributed by atoms with van der Waals surface area (Å²) in [6.07, 6.45) is 0.945. The highest BCUT2D eigenvalue weighted by Gasteiger charge is 2.39. The van der Waals surface area contributed by atoms with Crippen LogP contribution in [-0.2, 0) is 14.8 Å². The largest absolute Gasteiger partial charge is 0.339 e. The molecular weight excluding hydrogens is 421 g/mol.